The lowest BCUT2D eigenvalue weighted by Crippen LogP contribution is -2.50. The average molecular weight is 464 g/mol. The van der Waals surface area contributed by atoms with Crippen molar-refractivity contribution in [3.8, 4) is 0 Å². The summed E-state index contributed by atoms with van der Waals surface area (Å²) in [7, 11) is 1.80. The quantitative estimate of drug-likeness (QED) is 0.264. The molecule has 1 unspecified atom stereocenters. The van der Waals surface area contributed by atoms with Gasteiger partial charge in [0.1, 0.15) is 0 Å². The number of hydrogen-bond donors (Lipinski definition) is 2. The smallest absolute Gasteiger partial charge is 0.191 e. The van der Waals surface area contributed by atoms with Crippen molar-refractivity contribution in [1.82, 2.24) is 25.1 Å². The van der Waals surface area contributed by atoms with Crippen molar-refractivity contribution < 1.29 is 4.74 Å². The molecule has 0 bridgehead atoms. The van der Waals surface area contributed by atoms with Crippen molar-refractivity contribution in [3.05, 3.63) is 18.7 Å². The fourth-order valence-corrected chi connectivity index (χ4v) is 2.90. The molecule has 1 fully saturated rings. The maximum atomic E-state index is 5.86. The van der Waals surface area contributed by atoms with Crippen LogP contribution in [0, 0.1) is 5.92 Å². The summed E-state index contributed by atoms with van der Waals surface area (Å²) < 4.78 is 7.94. The molecule has 1 aliphatic rings. The number of nitrogens with zero attached hydrogens (tertiary/aromatic N) is 4. The van der Waals surface area contributed by atoms with E-state index in [1.54, 1.807) is 13.2 Å². The van der Waals surface area contributed by atoms with Gasteiger partial charge in [-0.2, -0.15) is 0 Å². The van der Waals surface area contributed by atoms with E-state index in [0.29, 0.717) is 5.92 Å². The Kier molecular flexibility index (Phi) is 11.1. The van der Waals surface area contributed by atoms with Gasteiger partial charge >= 0.3 is 0 Å². The monoisotopic (exact) mass is 464 g/mol. The van der Waals surface area contributed by atoms with E-state index in [1.165, 1.54) is 0 Å². The zero-order valence-corrected chi connectivity index (χ0v) is 18.0. The Balaban J connectivity index is 0.00000312. The summed E-state index contributed by atoms with van der Waals surface area (Å²) in [4.78, 5) is 10.8. The van der Waals surface area contributed by atoms with Gasteiger partial charge < -0.3 is 19.9 Å². The summed E-state index contributed by atoms with van der Waals surface area (Å²) in [5, 5.41) is 6.73. The van der Waals surface area contributed by atoms with E-state index >= 15 is 0 Å². The van der Waals surface area contributed by atoms with Crippen LogP contribution in [0.1, 0.15) is 20.3 Å². The largest absolute Gasteiger partial charge is 0.374 e. The highest BCUT2D eigenvalue weighted by molar-refractivity contribution is 14.0. The van der Waals surface area contributed by atoms with Gasteiger partial charge in [-0.1, -0.05) is 13.8 Å². The van der Waals surface area contributed by atoms with Gasteiger partial charge in [0.15, 0.2) is 5.96 Å². The number of aliphatic imine (C=N–C) groups is 1. The first-order valence-electron chi connectivity index (χ1n) is 8.91. The van der Waals surface area contributed by atoms with Crippen molar-refractivity contribution >= 4 is 29.9 Å². The standard InChI is InChI=1S/C17H32N6O.HI/c1-15(2)12-23-9-10-24-16(13-23)11-21-17(18-3)20-5-4-7-22-8-6-19-14-22;/h6,8,14-16H,4-5,7,9-13H2,1-3H3,(H2,18,20,21);1H. The zero-order valence-electron chi connectivity index (χ0n) is 15.6. The first-order chi connectivity index (χ1) is 11.7. The number of halogens is 1. The fraction of sp³-hybridized carbons (Fsp3) is 0.765. The van der Waals surface area contributed by atoms with Crippen molar-refractivity contribution in [1.29, 1.82) is 0 Å². The molecule has 0 amide bonds. The molecule has 1 aromatic heterocycles. The predicted molar refractivity (Wildman–Crippen MR) is 113 cm³/mol. The molecule has 0 saturated carbocycles. The number of morpholine rings is 1. The van der Waals surface area contributed by atoms with E-state index in [0.717, 1.165) is 58.3 Å². The number of ether oxygens (including phenoxy) is 1. The summed E-state index contributed by atoms with van der Waals surface area (Å²) in [6.07, 6.45) is 6.88. The van der Waals surface area contributed by atoms with Crippen molar-refractivity contribution in [2.24, 2.45) is 10.9 Å². The molecule has 1 aromatic rings. The molecule has 1 aliphatic heterocycles. The van der Waals surface area contributed by atoms with E-state index in [4.69, 9.17) is 4.74 Å². The highest BCUT2D eigenvalue weighted by Crippen LogP contribution is 2.07. The minimum atomic E-state index is 0. The van der Waals surface area contributed by atoms with Crippen LogP contribution < -0.4 is 10.6 Å². The van der Waals surface area contributed by atoms with E-state index in [2.05, 4.69) is 43.9 Å². The van der Waals surface area contributed by atoms with Gasteiger partial charge in [0, 0.05) is 58.7 Å². The number of hydrogen-bond acceptors (Lipinski definition) is 4. The Morgan fingerprint density at radius 2 is 2.24 bits per heavy atom. The normalized spacial score (nSPS) is 18.9. The topological polar surface area (TPSA) is 66.7 Å². The van der Waals surface area contributed by atoms with Gasteiger partial charge in [-0.15, -0.1) is 24.0 Å². The van der Waals surface area contributed by atoms with Crippen LogP contribution in [0.4, 0.5) is 0 Å². The minimum absolute atomic E-state index is 0. The van der Waals surface area contributed by atoms with E-state index in [9.17, 15) is 0 Å². The molecule has 1 atom stereocenters. The fourth-order valence-electron chi connectivity index (χ4n) is 2.90. The number of rotatable bonds is 8. The van der Waals surface area contributed by atoms with Crippen molar-refractivity contribution in [2.75, 3.05) is 46.4 Å². The highest BCUT2D eigenvalue weighted by atomic mass is 127. The predicted octanol–water partition coefficient (Wildman–Crippen LogP) is 1.41. The maximum Gasteiger partial charge on any atom is 0.191 e. The second kappa shape index (κ2) is 12.5. The SMILES string of the molecule is CN=C(NCCCn1ccnc1)NCC1CN(CC(C)C)CCO1.I. The molecule has 2 N–H and O–H groups in total. The molecule has 1 saturated heterocycles. The molecule has 0 spiro atoms. The maximum absolute atomic E-state index is 5.86. The van der Waals surface area contributed by atoms with Crippen LogP contribution in [-0.4, -0.2) is 72.9 Å². The molecule has 0 aliphatic carbocycles. The van der Waals surface area contributed by atoms with Gasteiger partial charge in [0.2, 0.25) is 0 Å². The number of nitrogens with one attached hydrogen (secondary N) is 2. The lowest BCUT2D eigenvalue weighted by molar-refractivity contribution is -0.0284. The van der Waals surface area contributed by atoms with Crippen LogP contribution in [0.3, 0.4) is 0 Å². The molecule has 25 heavy (non-hydrogen) atoms. The summed E-state index contributed by atoms with van der Waals surface area (Å²) in [5.41, 5.74) is 0. The summed E-state index contributed by atoms with van der Waals surface area (Å²) in [6, 6.07) is 0. The van der Waals surface area contributed by atoms with Crippen LogP contribution in [0.15, 0.2) is 23.7 Å². The molecule has 8 heteroatoms. The Hall–Kier alpha value is -0.870. The molecule has 7 nitrogen and oxygen atoms in total. The van der Waals surface area contributed by atoms with Crippen LogP contribution >= 0.6 is 24.0 Å². The lowest BCUT2D eigenvalue weighted by Gasteiger charge is -2.34. The summed E-state index contributed by atoms with van der Waals surface area (Å²) >= 11 is 0. The third-order valence-corrected chi connectivity index (χ3v) is 4.01. The van der Waals surface area contributed by atoms with E-state index in [1.807, 2.05) is 12.5 Å². The average Bonchev–Trinajstić information content (AvgIpc) is 3.07. The Labute approximate surface area is 168 Å². The molecular formula is C17H33IN6O. The Morgan fingerprint density at radius 1 is 1.40 bits per heavy atom. The van der Waals surface area contributed by atoms with Gasteiger partial charge in [-0.3, -0.25) is 9.89 Å². The second-order valence-corrected chi connectivity index (χ2v) is 6.68. The van der Waals surface area contributed by atoms with Gasteiger partial charge in [0.05, 0.1) is 19.0 Å². The number of imidazole rings is 1. The Bertz CT molecular complexity index is 479. The highest BCUT2D eigenvalue weighted by Gasteiger charge is 2.20. The molecule has 2 rings (SSSR count). The van der Waals surface area contributed by atoms with Crippen molar-refractivity contribution in [3.63, 3.8) is 0 Å². The van der Waals surface area contributed by atoms with Crippen LogP contribution in [0.2, 0.25) is 0 Å². The lowest BCUT2D eigenvalue weighted by atomic mass is 10.2. The Morgan fingerprint density at radius 3 is 2.92 bits per heavy atom. The van der Waals surface area contributed by atoms with Crippen LogP contribution in [0.25, 0.3) is 0 Å². The van der Waals surface area contributed by atoms with Gasteiger partial charge in [-0.25, -0.2) is 4.98 Å². The van der Waals surface area contributed by atoms with Crippen LogP contribution in [-0.2, 0) is 11.3 Å². The van der Waals surface area contributed by atoms with E-state index in [-0.39, 0.29) is 30.1 Å². The number of guanidine groups is 1. The second-order valence-electron chi connectivity index (χ2n) is 6.68. The molecule has 0 radical (unpaired) electrons. The summed E-state index contributed by atoms with van der Waals surface area (Å²) in [5.74, 6) is 1.53. The third kappa shape index (κ3) is 8.87. The third-order valence-electron chi connectivity index (χ3n) is 4.01. The van der Waals surface area contributed by atoms with Gasteiger partial charge in [-0.05, 0) is 12.3 Å². The van der Waals surface area contributed by atoms with Crippen molar-refractivity contribution in [2.45, 2.75) is 32.9 Å². The molecule has 144 valence electrons. The number of aryl methyl sites for hydroxylation is 1. The molecular weight excluding hydrogens is 431 g/mol. The minimum Gasteiger partial charge on any atom is -0.374 e. The molecule has 2 heterocycles. The first-order valence-corrected chi connectivity index (χ1v) is 8.91. The molecule has 0 aromatic carbocycles. The van der Waals surface area contributed by atoms with Crippen LogP contribution in [0.5, 0.6) is 0 Å². The first kappa shape index (κ1) is 22.2. The zero-order chi connectivity index (χ0) is 17.2. The number of aromatic nitrogens is 2. The summed E-state index contributed by atoms with van der Waals surface area (Å²) in [6.45, 7) is 11.1. The van der Waals surface area contributed by atoms with Gasteiger partial charge in [0.25, 0.3) is 0 Å². The van der Waals surface area contributed by atoms with E-state index < -0.39 is 0 Å².